The molecule has 3 unspecified atom stereocenters. The number of ether oxygens (including phenoxy) is 5. The molecule has 16 atom stereocenters. The number of rotatable bonds is 7. The lowest BCUT2D eigenvalue weighted by Gasteiger charge is -2.53. The predicted molar refractivity (Wildman–Crippen MR) is 110 cm³/mol. The van der Waals surface area contributed by atoms with Crippen LogP contribution in [0.25, 0.3) is 0 Å². The predicted octanol–water partition coefficient (Wildman–Crippen LogP) is -7.97. The molecule has 6 saturated heterocycles. The second-order valence-corrected chi connectivity index (χ2v) is 10.2. The highest BCUT2D eigenvalue weighted by atomic mass is 16.8. The molecule has 0 aromatic carbocycles. The minimum absolute atomic E-state index is 0.655. The van der Waals surface area contributed by atoms with Gasteiger partial charge in [0.2, 0.25) is 5.72 Å². The third-order valence-corrected chi connectivity index (χ3v) is 8.09. The van der Waals surface area contributed by atoms with Crippen LogP contribution in [0.15, 0.2) is 0 Å². The summed E-state index contributed by atoms with van der Waals surface area (Å²) >= 11 is 0. The lowest BCUT2D eigenvalue weighted by atomic mass is 9.81. The summed E-state index contributed by atoms with van der Waals surface area (Å²) in [4.78, 5) is 1.09. The van der Waals surface area contributed by atoms with Crippen LogP contribution in [-0.4, -0.2) is 156 Å². The largest absolute Gasteiger partial charge is 0.394 e. The number of fused-ring (bicyclic) bond motifs is 2. The molecule has 0 aromatic rings. The van der Waals surface area contributed by atoms with E-state index in [0.29, 0.717) is 0 Å². The molecule has 6 rings (SSSR count). The van der Waals surface area contributed by atoms with Gasteiger partial charge in [-0.15, -0.1) is 0 Å². The van der Waals surface area contributed by atoms with E-state index in [-0.39, 0.29) is 0 Å². The summed E-state index contributed by atoms with van der Waals surface area (Å²) < 4.78 is 28.0. The van der Waals surface area contributed by atoms with E-state index in [1.54, 1.807) is 0 Å². The van der Waals surface area contributed by atoms with Crippen molar-refractivity contribution >= 4 is 0 Å². The van der Waals surface area contributed by atoms with E-state index >= 15 is 0 Å². The van der Waals surface area contributed by atoms with Gasteiger partial charge >= 0.3 is 0 Å². The molecule has 14 N–H and O–H groups in total. The lowest BCUT2D eigenvalue weighted by molar-refractivity contribution is -0.382. The number of nitrogens with zero attached hydrogens (tertiary/aromatic N) is 1. The van der Waals surface area contributed by atoms with E-state index in [4.69, 9.17) is 40.9 Å². The van der Waals surface area contributed by atoms with Gasteiger partial charge in [-0.2, -0.15) is 4.90 Å². The van der Waals surface area contributed by atoms with Gasteiger partial charge in [-0.1, -0.05) is 0 Å². The molecule has 0 saturated carbocycles. The quantitative estimate of drug-likeness (QED) is 0.137. The molecule has 2 bridgehead atoms. The molecule has 0 spiro atoms. The molecule has 6 aliphatic heterocycles. The number of aliphatic hydroxyl groups is 8. The Bertz CT molecular complexity index is 869. The van der Waals surface area contributed by atoms with Gasteiger partial charge in [-0.25, -0.2) is 0 Å². The topological polar surface area (TPSA) is 289 Å². The van der Waals surface area contributed by atoms with E-state index in [1.165, 1.54) is 6.92 Å². The van der Waals surface area contributed by atoms with Crippen molar-refractivity contribution in [2.24, 2.45) is 17.2 Å². The van der Waals surface area contributed by atoms with Gasteiger partial charge in [-0.05, 0) is 6.92 Å². The van der Waals surface area contributed by atoms with Crippen molar-refractivity contribution < 1.29 is 64.5 Å². The molecular formula is C19H34N4O13. The molecule has 0 amide bonds. The summed E-state index contributed by atoms with van der Waals surface area (Å²) in [7, 11) is 0. The summed E-state index contributed by atoms with van der Waals surface area (Å²) in [6, 6.07) is -2.62. The Balaban J connectivity index is 1.31. The zero-order valence-corrected chi connectivity index (χ0v) is 19.3. The van der Waals surface area contributed by atoms with Crippen molar-refractivity contribution in [1.29, 1.82) is 0 Å². The normalized spacial score (nSPS) is 62.0. The molecule has 17 nitrogen and oxygen atoms in total. The molecule has 208 valence electrons. The third kappa shape index (κ3) is 3.08. The Morgan fingerprint density at radius 1 is 0.861 bits per heavy atom. The van der Waals surface area contributed by atoms with Gasteiger partial charge in [-0.3, -0.25) is 0 Å². The zero-order valence-electron chi connectivity index (χ0n) is 19.3. The fourth-order valence-corrected chi connectivity index (χ4v) is 5.74. The van der Waals surface area contributed by atoms with E-state index in [1.807, 2.05) is 0 Å². The molecule has 0 aromatic heterocycles. The van der Waals surface area contributed by atoms with Gasteiger partial charge in [0.05, 0.1) is 31.9 Å². The van der Waals surface area contributed by atoms with Gasteiger partial charge in [0.1, 0.15) is 42.2 Å². The van der Waals surface area contributed by atoms with Gasteiger partial charge in [0.15, 0.2) is 30.3 Å². The summed E-state index contributed by atoms with van der Waals surface area (Å²) in [6.45, 7) is -0.702. The molecule has 0 aliphatic carbocycles. The van der Waals surface area contributed by atoms with Gasteiger partial charge in [0.25, 0.3) is 0 Å². The third-order valence-electron chi connectivity index (χ3n) is 8.09. The van der Waals surface area contributed by atoms with Crippen molar-refractivity contribution in [3.63, 3.8) is 0 Å². The maximum absolute atomic E-state index is 10.9. The van der Waals surface area contributed by atoms with E-state index in [0.717, 1.165) is 4.90 Å². The second kappa shape index (κ2) is 8.41. The minimum Gasteiger partial charge on any atom is -0.394 e. The van der Waals surface area contributed by atoms with Crippen molar-refractivity contribution in [1.82, 2.24) is 4.90 Å². The van der Waals surface area contributed by atoms with Crippen LogP contribution in [0.2, 0.25) is 0 Å². The molecule has 36 heavy (non-hydrogen) atoms. The van der Waals surface area contributed by atoms with Crippen molar-refractivity contribution in [2.45, 2.75) is 97.2 Å². The highest BCUT2D eigenvalue weighted by Crippen LogP contribution is 2.81. The maximum Gasteiger partial charge on any atom is 0.215 e. The van der Waals surface area contributed by atoms with Gasteiger partial charge < -0.3 is 81.7 Å². The first-order valence-electron chi connectivity index (χ1n) is 11.5. The number of hydrogen-bond acceptors (Lipinski definition) is 17. The number of hydrogen-bond donors (Lipinski definition) is 11. The van der Waals surface area contributed by atoms with Crippen molar-refractivity contribution in [3.05, 3.63) is 0 Å². The second-order valence-electron chi connectivity index (χ2n) is 10.2. The maximum atomic E-state index is 10.9. The molecule has 17 heteroatoms. The van der Waals surface area contributed by atoms with Crippen LogP contribution < -0.4 is 17.2 Å². The first kappa shape index (κ1) is 26.9. The Kier molecular flexibility index (Phi) is 6.28. The van der Waals surface area contributed by atoms with Gasteiger partial charge in [0, 0.05) is 0 Å². The summed E-state index contributed by atoms with van der Waals surface area (Å²) in [5.41, 5.74) is 10.8. The Hall–Kier alpha value is -0.680. The average molecular weight is 526 g/mol. The van der Waals surface area contributed by atoms with E-state index < -0.39 is 110 Å². The first-order chi connectivity index (χ1) is 16.8. The van der Waals surface area contributed by atoms with Crippen LogP contribution in [0.3, 0.4) is 0 Å². The Labute approximate surface area is 204 Å². The van der Waals surface area contributed by atoms with Crippen molar-refractivity contribution in [3.8, 4) is 0 Å². The molecule has 0 radical (unpaired) electrons. The van der Waals surface area contributed by atoms with E-state index in [9.17, 15) is 40.9 Å². The molecule has 6 aliphatic rings. The van der Waals surface area contributed by atoms with Crippen LogP contribution in [-0.2, 0) is 23.7 Å². The monoisotopic (exact) mass is 526 g/mol. The van der Waals surface area contributed by atoms with Crippen LogP contribution in [0.4, 0.5) is 0 Å². The first-order valence-corrected chi connectivity index (χ1v) is 11.5. The summed E-state index contributed by atoms with van der Waals surface area (Å²) in [5, 5.41) is 81.8. The zero-order chi connectivity index (χ0) is 26.6. The molecule has 6 heterocycles. The molecular weight excluding hydrogens is 492 g/mol. The molecule has 6 fully saturated rings. The van der Waals surface area contributed by atoms with Crippen LogP contribution >= 0.6 is 0 Å². The smallest absolute Gasteiger partial charge is 0.215 e. The fourth-order valence-electron chi connectivity index (χ4n) is 5.74. The Morgan fingerprint density at radius 2 is 1.39 bits per heavy atom. The van der Waals surface area contributed by atoms with Crippen LogP contribution in [0.1, 0.15) is 6.92 Å². The van der Waals surface area contributed by atoms with Crippen molar-refractivity contribution in [2.75, 3.05) is 19.8 Å². The lowest BCUT2D eigenvalue weighted by Crippen LogP contribution is -2.78. The fraction of sp³-hybridized carbons (Fsp3) is 1.00. The minimum atomic E-state index is -1.96. The summed E-state index contributed by atoms with van der Waals surface area (Å²) in [6.07, 6.45) is -12.8. The SMILES string of the molecule is C[C@]1(N)[C@@H](OC2[C@@H](CO)O[C@@H](OC3[C@@H](CO)O[C@@H](O)[C@H](N)[C@H]3O)[C@H](N)[C@H]2O)O[C@@]2(CO)N3[C@]1(O)[C@@]32O. The number of nitrogens with two attached hydrogens (primary N) is 3. The van der Waals surface area contributed by atoms with Crippen LogP contribution in [0.5, 0.6) is 0 Å². The number of aliphatic hydroxyl groups excluding tert-OH is 6. The highest BCUT2D eigenvalue weighted by Gasteiger charge is 3.11. The summed E-state index contributed by atoms with van der Waals surface area (Å²) in [5.74, 6) is 0. The van der Waals surface area contributed by atoms with Crippen LogP contribution in [0, 0.1) is 0 Å². The Morgan fingerprint density at radius 3 is 1.94 bits per heavy atom. The average Bonchev–Trinajstić information content (AvgIpc) is 3.63. The highest BCUT2D eigenvalue weighted by molar-refractivity contribution is 5.50. The standard InChI is InChI=1S/C19H34N4O13/c1-16(22)15(36-17(4-26)19(31)18(16,30)23(17)19)35-12-6(3-25)33-14(8(21)10(12)28)34-11-5(2-24)32-13(29)7(20)9(11)27/h5-15,24-31H,2-4,20-22H2,1H3/t5-,6-,7-,8-,9-,10-,11?,12?,13-,14+,15+,16+,17-,18-,19-,23?/m1/s1. The van der Waals surface area contributed by atoms with E-state index in [2.05, 4.69) is 0 Å².